The van der Waals surface area contributed by atoms with E-state index in [1.165, 1.54) is 23.5 Å². The summed E-state index contributed by atoms with van der Waals surface area (Å²) < 4.78 is 20.8. The van der Waals surface area contributed by atoms with Gasteiger partial charge in [-0.05, 0) is 43.2 Å². The maximum absolute atomic E-state index is 13.3. The van der Waals surface area contributed by atoms with Gasteiger partial charge in [-0.2, -0.15) is 5.10 Å². The number of ether oxygens (including phenoxy) is 1. The van der Waals surface area contributed by atoms with E-state index in [9.17, 15) is 4.39 Å². The van der Waals surface area contributed by atoms with Crippen molar-refractivity contribution in [3.63, 3.8) is 0 Å². The molecule has 0 bridgehead atoms. The SMILES string of the molecule is Fc1ccc(-c2csc(=NCC3CCCO3)n2/N=C/c2cccnc2)cc1. The third kappa shape index (κ3) is 4.37. The van der Waals surface area contributed by atoms with Crippen molar-refractivity contribution in [3.8, 4) is 11.3 Å². The van der Waals surface area contributed by atoms with E-state index >= 15 is 0 Å². The second-order valence-electron chi connectivity index (χ2n) is 6.23. The van der Waals surface area contributed by atoms with Gasteiger partial charge in [0.2, 0.25) is 4.80 Å². The van der Waals surface area contributed by atoms with Crippen molar-refractivity contribution in [1.82, 2.24) is 9.66 Å². The zero-order valence-electron chi connectivity index (χ0n) is 14.7. The summed E-state index contributed by atoms with van der Waals surface area (Å²) >= 11 is 1.51. The molecule has 0 N–H and O–H groups in total. The Kier molecular flexibility index (Phi) is 5.50. The Balaban J connectivity index is 1.71. The molecular weight excluding hydrogens is 363 g/mol. The Morgan fingerprint density at radius 3 is 2.93 bits per heavy atom. The number of rotatable bonds is 5. The van der Waals surface area contributed by atoms with Gasteiger partial charge >= 0.3 is 0 Å². The molecule has 0 radical (unpaired) electrons. The quantitative estimate of drug-likeness (QED) is 0.632. The van der Waals surface area contributed by atoms with Gasteiger partial charge in [0.15, 0.2) is 0 Å². The molecule has 1 saturated heterocycles. The summed E-state index contributed by atoms with van der Waals surface area (Å²) in [5, 5.41) is 6.60. The fourth-order valence-electron chi connectivity index (χ4n) is 2.88. The molecule has 1 aliphatic heterocycles. The minimum atomic E-state index is -0.261. The van der Waals surface area contributed by atoms with Crippen LogP contribution in [0.15, 0.2) is 64.3 Å². The lowest BCUT2D eigenvalue weighted by Crippen LogP contribution is -2.17. The van der Waals surface area contributed by atoms with Crippen molar-refractivity contribution in [3.05, 3.63) is 70.4 Å². The summed E-state index contributed by atoms with van der Waals surface area (Å²) in [5.74, 6) is -0.261. The fourth-order valence-corrected chi connectivity index (χ4v) is 3.73. The molecule has 1 unspecified atom stereocenters. The van der Waals surface area contributed by atoms with Crippen LogP contribution in [0, 0.1) is 5.82 Å². The van der Waals surface area contributed by atoms with E-state index in [0.717, 1.165) is 41.1 Å². The molecule has 3 heterocycles. The second kappa shape index (κ2) is 8.37. The third-order valence-electron chi connectivity index (χ3n) is 4.29. The van der Waals surface area contributed by atoms with Crippen molar-refractivity contribution < 1.29 is 9.13 Å². The van der Waals surface area contributed by atoms with Gasteiger partial charge in [0.25, 0.3) is 0 Å². The van der Waals surface area contributed by atoms with Crippen LogP contribution >= 0.6 is 11.3 Å². The average Bonchev–Trinajstić information content (AvgIpc) is 3.36. The van der Waals surface area contributed by atoms with Crippen molar-refractivity contribution in [2.24, 2.45) is 10.1 Å². The summed E-state index contributed by atoms with van der Waals surface area (Å²) in [6.45, 7) is 1.43. The van der Waals surface area contributed by atoms with Crippen LogP contribution in [-0.4, -0.2) is 35.1 Å². The molecule has 3 aromatic rings. The number of hydrogen-bond acceptors (Lipinski definition) is 5. The number of aromatic nitrogens is 2. The van der Waals surface area contributed by atoms with E-state index in [1.54, 1.807) is 35.4 Å². The zero-order valence-corrected chi connectivity index (χ0v) is 15.5. The van der Waals surface area contributed by atoms with Gasteiger partial charge in [-0.3, -0.25) is 9.98 Å². The molecule has 138 valence electrons. The lowest BCUT2D eigenvalue weighted by molar-refractivity contribution is 0.117. The average molecular weight is 382 g/mol. The Morgan fingerprint density at radius 1 is 1.30 bits per heavy atom. The molecule has 0 spiro atoms. The highest BCUT2D eigenvalue weighted by molar-refractivity contribution is 7.07. The first-order chi connectivity index (χ1) is 13.3. The van der Waals surface area contributed by atoms with E-state index in [0.29, 0.717) is 6.54 Å². The molecule has 0 saturated carbocycles. The number of halogens is 1. The maximum atomic E-state index is 13.3. The Bertz CT molecular complexity index is 973. The molecule has 5 nitrogen and oxygen atoms in total. The topological polar surface area (TPSA) is 51.8 Å². The highest BCUT2D eigenvalue weighted by atomic mass is 32.1. The fraction of sp³-hybridized carbons (Fsp3) is 0.250. The molecular formula is C20H19FN4OS. The molecule has 1 aromatic carbocycles. The first-order valence-corrected chi connectivity index (χ1v) is 9.70. The standard InChI is InChI=1S/C20H19FN4OS/c21-17-7-5-16(6-8-17)19-14-27-20(23-13-18-4-2-10-26-18)25(19)24-12-15-3-1-9-22-11-15/h1,3,5-9,11-12,14,18H,2,4,10,13H2/b23-20?,24-12+. The van der Waals surface area contributed by atoms with E-state index in [4.69, 9.17) is 9.73 Å². The molecule has 4 rings (SSSR count). The molecule has 7 heteroatoms. The van der Waals surface area contributed by atoms with Gasteiger partial charge in [-0.1, -0.05) is 6.07 Å². The lowest BCUT2D eigenvalue weighted by atomic mass is 10.2. The highest BCUT2D eigenvalue weighted by Crippen LogP contribution is 2.20. The molecule has 1 aliphatic rings. The molecule has 1 atom stereocenters. The van der Waals surface area contributed by atoms with Gasteiger partial charge in [0.1, 0.15) is 5.82 Å². The van der Waals surface area contributed by atoms with Crippen molar-refractivity contribution >= 4 is 17.6 Å². The number of thiazole rings is 1. The second-order valence-corrected chi connectivity index (χ2v) is 7.07. The summed E-state index contributed by atoms with van der Waals surface area (Å²) in [6, 6.07) is 10.2. The van der Waals surface area contributed by atoms with Gasteiger partial charge < -0.3 is 4.74 Å². The third-order valence-corrected chi connectivity index (χ3v) is 5.14. The number of pyridine rings is 1. The van der Waals surface area contributed by atoms with Crippen molar-refractivity contribution in [1.29, 1.82) is 0 Å². The largest absolute Gasteiger partial charge is 0.376 e. The van der Waals surface area contributed by atoms with E-state index in [1.807, 2.05) is 17.5 Å². The first-order valence-electron chi connectivity index (χ1n) is 8.82. The highest BCUT2D eigenvalue weighted by Gasteiger charge is 2.15. The van der Waals surface area contributed by atoms with Crippen LogP contribution < -0.4 is 4.80 Å². The van der Waals surface area contributed by atoms with Gasteiger partial charge in [0, 0.05) is 35.5 Å². The van der Waals surface area contributed by atoms with Crippen LogP contribution in [0.1, 0.15) is 18.4 Å². The van der Waals surface area contributed by atoms with Crippen LogP contribution in [0.3, 0.4) is 0 Å². The van der Waals surface area contributed by atoms with Crippen LogP contribution in [0.5, 0.6) is 0 Å². The van der Waals surface area contributed by atoms with Crippen LogP contribution in [0.25, 0.3) is 11.3 Å². The molecule has 0 amide bonds. The monoisotopic (exact) mass is 382 g/mol. The van der Waals surface area contributed by atoms with Crippen LogP contribution in [0.4, 0.5) is 4.39 Å². The molecule has 0 aliphatic carbocycles. The lowest BCUT2D eigenvalue weighted by Gasteiger charge is -2.05. The zero-order chi connectivity index (χ0) is 18.5. The van der Waals surface area contributed by atoms with E-state index in [2.05, 4.69) is 10.1 Å². The van der Waals surface area contributed by atoms with Crippen molar-refractivity contribution in [2.75, 3.05) is 13.2 Å². The Hall–Kier alpha value is -2.64. The predicted octanol–water partition coefficient (Wildman–Crippen LogP) is 3.71. The molecule has 27 heavy (non-hydrogen) atoms. The van der Waals surface area contributed by atoms with Crippen LogP contribution in [0.2, 0.25) is 0 Å². The number of benzene rings is 1. The van der Waals surface area contributed by atoms with E-state index in [-0.39, 0.29) is 11.9 Å². The summed E-state index contributed by atoms with van der Waals surface area (Å²) in [5.41, 5.74) is 2.65. The Labute approximate surface area is 160 Å². The van der Waals surface area contributed by atoms with E-state index < -0.39 is 0 Å². The van der Waals surface area contributed by atoms with Crippen molar-refractivity contribution in [2.45, 2.75) is 18.9 Å². The number of nitrogens with zero attached hydrogens (tertiary/aromatic N) is 4. The minimum Gasteiger partial charge on any atom is -0.376 e. The molecule has 1 fully saturated rings. The smallest absolute Gasteiger partial charge is 0.206 e. The minimum absolute atomic E-state index is 0.178. The van der Waals surface area contributed by atoms with Crippen LogP contribution in [-0.2, 0) is 4.74 Å². The molecule has 2 aromatic heterocycles. The maximum Gasteiger partial charge on any atom is 0.206 e. The number of hydrogen-bond donors (Lipinski definition) is 0. The summed E-state index contributed by atoms with van der Waals surface area (Å²) in [7, 11) is 0. The summed E-state index contributed by atoms with van der Waals surface area (Å²) in [6.07, 6.45) is 7.52. The normalized spacial score (nSPS) is 17.8. The predicted molar refractivity (Wildman–Crippen MR) is 104 cm³/mol. The van der Waals surface area contributed by atoms with Gasteiger partial charge in [-0.15, -0.1) is 11.3 Å². The summed E-state index contributed by atoms with van der Waals surface area (Å²) in [4.78, 5) is 9.61. The first kappa shape index (κ1) is 17.8. The van der Waals surface area contributed by atoms with Gasteiger partial charge in [0.05, 0.1) is 24.6 Å². The van der Waals surface area contributed by atoms with Gasteiger partial charge in [-0.25, -0.2) is 9.07 Å². The Morgan fingerprint density at radius 2 is 2.19 bits per heavy atom.